The maximum atomic E-state index is 13.2. The van der Waals surface area contributed by atoms with Crippen LogP contribution in [0.3, 0.4) is 0 Å². The van der Waals surface area contributed by atoms with Gasteiger partial charge in [0.15, 0.2) is 0 Å². The van der Waals surface area contributed by atoms with Crippen LogP contribution in [0.1, 0.15) is 5.56 Å². The van der Waals surface area contributed by atoms with Gasteiger partial charge in [0, 0.05) is 6.20 Å². The minimum atomic E-state index is -0.546. The number of benzene rings is 1. The van der Waals surface area contributed by atoms with Gasteiger partial charge in [-0.1, -0.05) is 0 Å². The number of nitriles is 3. The number of rotatable bonds is 2. The Morgan fingerprint density at radius 3 is 2.47 bits per heavy atom. The van der Waals surface area contributed by atoms with E-state index < -0.39 is 5.82 Å². The quantitative estimate of drug-likeness (QED) is 0.849. The Labute approximate surface area is 105 Å². The third-order valence-electron chi connectivity index (χ3n) is 1.79. The third-order valence-corrected chi connectivity index (χ3v) is 2.40. The van der Waals surface area contributed by atoms with E-state index in [2.05, 4.69) is 21.2 Å². The normalized spacial score (nSPS) is 8.41. The molecule has 0 saturated carbocycles. The lowest BCUT2D eigenvalue weighted by atomic mass is 10.2. The van der Waals surface area contributed by atoms with Crippen molar-refractivity contribution < 1.29 is 4.39 Å². The molecule has 0 radical (unpaired) electrons. The van der Waals surface area contributed by atoms with Crippen molar-refractivity contribution in [3.05, 3.63) is 39.8 Å². The molecule has 0 aliphatic rings. The first-order chi connectivity index (χ1) is 8.12. The molecule has 0 unspecified atom stereocenters. The van der Waals surface area contributed by atoms with Gasteiger partial charge in [0.2, 0.25) is 0 Å². The molecule has 0 saturated heterocycles. The molecule has 6 heteroatoms. The number of anilines is 1. The lowest BCUT2D eigenvalue weighted by molar-refractivity contribution is 0.621. The van der Waals surface area contributed by atoms with Gasteiger partial charge >= 0.3 is 0 Å². The highest BCUT2D eigenvalue weighted by molar-refractivity contribution is 9.10. The average Bonchev–Trinajstić information content (AvgIpc) is 2.34. The maximum Gasteiger partial charge on any atom is 0.145 e. The van der Waals surface area contributed by atoms with Crippen LogP contribution in [0.5, 0.6) is 0 Å². The van der Waals surface area contributed by atoms with Crippen LogP contribution in [0.4, 0.5) is 10.1 Å². The molecular formula is C11H4BrFN4. The summed E-state index contributed by atoms with van der Waals surface area (Å²) in [4.78, 5) is 0. The van der Waals surface area contributed by atoms with Gasteiger partial charge in [0.25, 0.3) is 0 Å². The van der Waals surface area contributed by atoms with Gasteiger partial charge in [-0.05, 0) is 28.1 Å². The molecule has 17 heavy (non-hydrogen) atoms. The van der Waals surface area contributed by atoms with E-state index in [-0.39, 0.29) is 21.3 Å². The first kappa shape index (κ1) is 12.7. The molecule has 4 nitrogen and oxygen atoms in total. The van der Waals surface area contributed by atoms with Crippen LogP contribution >= 0.6 is 15.9 Å². The molecule has 0 fully saturated rings. The van der Waals surface area contributed by atoms with E-state index in [0.29, 0.717) is 0 Å². The zero-order chi connectivity index (χ0) is 12.8. The third kappa shape index (κ3) is 3.04. The minimum absolute atomic E-state index is 0.169. The summed E-state index contributed by atoms with van der Waals surface area (Å²) in [5.74, 6) is -0.546. The SMILES string of the molecule is N#CC(C#N)=CNc1cc(F)c(Br)cc1C#N. The average molecular weight is 291 g/mol. The standard InChI is InChI=1S/C11H4BrFN4/c12-9-1-8(5-16)11(2-10(9)13)17-6-7(3-14)4-15/h1-2,6,17H. The largest absolute Gasteiger partial charge is 0.359 e. The first-order valence-electron chi connectivity index (χ1n) is 4.28. The van der Waals surface area contributed by atoms with Gasteiger partial charge in [-0.25, -0.2) is 4.39 Å². The van der Waals surface area contributed by atoms with Gasteiger partial charge in [0.05, 0.1) is 15.7 Å². The number of halogens is 2. The first-order valence-corrected chi connectivity index (χ1v) is 5.07. The van der Waals surface area contributed by atoms with E-state index in [0.717, 1.165) is 12.3 Å². The molecule has 1 aromatic rings. The number of hydrogen-bond donors (Lipinski definition) is 1. The van der Waals surface area contributed by atoms with Crippen molar-refractivity contribution in [2.45, 2.75) is 0 Å². The van der Waals surface area contributed by atoms with Gasteiger partial charge < -0.3 is 5.32 Å². The summed E-state index contributed by atoms with van der Waals surface area (Å²) in [5.41, 5.74) is 0.221. The van der Waals surface area contributed by atoms with Crippen LogP contribution in [-0.4, -0.2) is 0 Å². The Hall–Kier alpha value is -2.36. The summed E-state index contributed by atoms with van der Waals surface area (Å²) >= 11 is 2.95. The maximum absolute atomic E-state index is 13.2. The summed E-state index contributed by atoms with van der Waals surface area (Å²) in [6.07, 6.45) is 1.11. The van der Waals surface area contributed by atoms with E-state index in [1.54, 1.807) is 12.1 Å². The predicted molar refractivity (Wildman–Crippen MR) is 61.7 cm³/mol. The summed E-state index contributed by atoms with van der Waals surface area (Å²) in [7, 11) is 0. The van der Waals surface area contributed by atoms with E-state index >= 15 is 0 Å². The number of nitrogens with zero attached hydrogens (tertiary/aromatic N) is 3. The minimum Gasteiger partial charge on any atom is -0.359 e. The molecule has 0 aliphatic carbocycles. The molecule has 0 aliphatic heterocycles. The highest BCUT2D eigenvalue weighted by Crippen LogP contribution is 2.24. The summed E-state index contributed by atoms with van der Waals surface area (Å²) in [6.45, 7) is 0. The summed E-state index contributed by atoms with van der Waals surface area (Å²) in [6, 6.07) is 7.56. The summed E-state index contributed by atoms with van der Waals surface area (Å²) in [5, 5.41) is 28.4. The Morgan fingerprint density at radius 1 is 1.29 bits per heavy atom. The fraction of sp³-hybridized carbons (Fsp3) is 0. The molecule has 0 bridgehead atoms. The zero-order valence-electron chi connectivity index (χ0n) is 8.33. The molecule has 0 heterocycles. The van der Waals surface area contributed by atoms with Gasteiger partial charge in [0.1, 0.15) is 29.6 Å². The highest BCUT2D eigenvalue weighted by Gasteiger charge is 2.07. The Kier molecular flexibility index (Phi) is 4.22. The predicted octanol–water partition coefficient (Wildman–Crippen LogP) is 2.80. The molecule has 1 rings (SSSR count). The zero-order valence-corrected chi connectivity index (χ0v) is 9.92. The molecule has 1 N–H and O–H groups in total. The van der Waals surface area contributed by atoms with Crippen molar-refractivity contribution in [2.75, 3.05) is 5.32 Å². The van der Waals surface area contributed by atoms with Crippen LogP contribution in [0.25, 0.3) is 0 Å². The number of nitrogens with one attached hydrogen (secondary N) is 1. The van der Waals surface area contributed by atoms with E-state index in [1.165, 1.54) is 6.07 Å². The van der Waals surface area contributed by atoms with Gasteiger partial charge in [-0.15, -0.1) is 0 Å². The van der Waals surface area contributed by atoms with Crippen molar-refractivity contribution in [2.24, 2.45) is 0 Å². The van der Waals surface area contributed by atoms with Crippen LogP contribution in [0.15, 0.2) is 28.4 Å². The second kappa shape index (κ2) is 5.65. The van der Waals surface area contributed by atoms with Crippen LogP contribution < -0.4 is 5.32 Å². The fourth-order valence-electron chi connectivity index (χ4n) is 0.998. The Bertz CT molecular complexity index is 586. The van der Waals surface area contributed by atoms with Crippen LogP contribution in [-0.2, 0) is 0 Å². The van der Waals surface area contributed by atoms with Crippen LogP contribution in [0, 0.1) is 39.8 Å². The fourth-order valence-corrected chi connectivity index (χ4v) is 1.34. The van der Waals surface area contributed by atoms with Crippen molar-refractivity contribution in [1.82, 2.24) is 0 Å². The molecule has 0 spiro atoms. The van der Waals surface area contributed by atoms with Gasteiger partial charge in [-0.3, -0.25) is 0 Å². The van der Waals surface area contributed by atoms with Crippen molar-refractivity contribution in [3.63, 3.8) is 0 Å². The van der Waals surface area contributed by atoms with Crippen LogP contribution in [0.2, 0.25) is 0 Å². The topological polar surface area (TPSA) is 83.4 Å². The van der Waals surface area contributed by atoms with Gasteiger partial charge in [-0.2, -0.15) is 15.8 Å². The monoisotopic (exact) mass is 290 g/mol. The molecular weight excluding hydrogens is 287 g/mol. The highest BCUT2D eigenvalue weighted by atomic mass is 79.9. The van der Waals surface area contributed by atoms with Crippen molar-refractivity contribution in [3.8, 4) is 18.2 Å². The lowest BCUT2D eigenvalue weighted by Gasteiger charge is -2.04. The Morgan fingerprint density at radius 2 is 1.94 bits per heavy atom. The molecule has 0 atom stereocenters. The summed E-state index contributed by atoms with van der Waals surface area (Å²) < 4.78 is 13.4. The molecule has 82 valence electrons. The second-order valence-electron chi connectivity index (χ2n) is 2.85. The molecule has 0 amide bonds. The lowest BCUT2D eigenvalue weighted by Crippen LogP contribution is -1.95. The Balaban J connectivity index is 3.14. The number of allylic oxidation sites excluding steroid dienone is 1. The smallest absolute Gasteiger partial charge is 0.145 e. The molecule has 1 aromatic carbocycles. The van der Waals surface area contributed by atoms with E-state index in [9.17, 15) is 4.39 Å². The van der Waals surface area contributed by atoms with Crippen molar-refractivity contribution >= 4 is 21.6 Å². The van der Waals surface area contributed by atoms with E-state index in [1.807, 2.05) is 6.07 Å². The van der Waals surface area contributed by atoms with E-state index in [4.69, 9.17) is 15.8 Å². The second-order valence-corrected chi connectivity index (χ2v) is 3.70. The number of hydrogen-bond acceptors (Lipinski definition) is 4. The van der Waals surface area contributed by atoms with Crippen molar-refractivity contribution in [1.29, 1.82) is 15.8 Å². The molecule has 0 aromatic heterocycles.